The minimum atomic E-state index is 0.215. The maximum absolute atomic E-state index is 13.1. The van der Waals surface area contributed by atoms with Gasteiger partial charge >= 0.3 is 0 Å². The number of aromatic nitrogens is 2. The highest BCUT2D eigenvalue weighted by atomic mass is 16.5. The van der Waals surface area contributed by atoms with E-state index >= 15 is 0 Å². The summed E-state index contributed by atoms with van der Waals surface area (Å²) in [4.78, 5) is 17.4. The van der Waals surface area contributed by atoms with Crippen molar-refractivity contribution in [2.75, 3.05) is 52.4 Å². The Morgan fingerprint density at radius 2 is 1.58 bits per heavy atom. The van der Waals surface area contributed by atoms with Crippen molar-refractivity contribution >= 4 is 11.7 Å². The Bertz CT molecular complexity index is 972. The van der Waals surface area contributed by atoms with Gasteiger partial charge in [0.15, 0.2) is 17.3 Å². The van der Waals surface area contributed by atoms with Crippen molar-refractivity contribution in [3.05, 3.63) is 24.3 Å². The van der Waals surface area contributed by atoms with Gasteiger partial charge in [0, 0.05) is 37.7 Å². The van der Waals surface area contributed by atoms with E-state index in [-0.39, 0.29) is 5.92 Å². The van der Waals surface area contributed by atoms with Gasteiger partial charge in [-0.15, -0.1) is 10.2 Å². The molecule has 1 aromatic heterocycles. The second-order valence-corrected chi connectivity index (χ2v) is 9.86. The average molecular weight is 497 g/mol. The highest BCUT2D eigenvalue weighted by Gasteiger charge is 2.31. The van der Waals surface area contributed by atoms with E-state index in [4.69, 9.17) is 14.2 Å². The number of amides is 1. The highest BCUT2D eigenvalue weighted by molar-refractivity contribution is 5.79. The van der Waals surface area contributed by atoms with E-state index in [0.29, 0.717) is 23.2 Å². The Kier molecular flexibility index (Phi) is 8.88. The number of anilines is 1. The van der Waals surface area contributed by atoms with Gasteiger partial charge in [0.2, 0.25) is 11.7 Å². The van der Waals surface area contributed by atoms with Crippen LogP contribution in [-0.4, -0.2) is 68.5 Å². The molecule has 1 aliphatic carbocycles. The van der Waals surface area contributed by atoms with Gasteiger partial charge in [-0.2, -0.15) is 0 Å². The first kappa shape index (κ1) is 26.0. The maximum Gasteiger partial charge on any atom is 0.225 e. The molecule has 0 radical (unpaired) electrons. The molecule has 196 valence electrons. The number of nitrogens with zero attached hydrogens (tertiary/aromatic N) is 4. The lowest BCUT2D eigenvalue weighted by Crippen LogP contribution is -2.51. The van der Waals surface area contributed by atoms with Crippen LogP contribution >= 0.6 is 0 Å². The Labute approximate surface area is 214 Å². The lowest BCUT2D eigenvalue weighted by atomic mass is 9.79. The van der Waals surface area contributed by atoms with Crippen molar-refractivity contribution in [1.82, 2.24) is 15.1 Å². The third-order valence-corrected chi connectivity index (χ3v) is 7.69. The number of carbonyl (C=O) groups is 1. The van der Waals surface area contributed by atoms with Gasteiger partial charge in [-0.3, -0.25) is 4.79 Å². The fraction of sp³-hybridized carbons (Fsp3) is 0.607. The number of hydrogen-bond acceptors (Lipinski definition) is 7. The van der Waals surface area contributed by atoms with Crippen molar-refractivity contribution in [3.8, 4) is 28.5 Å². The minimum absolute atomic E-state index is 0.215. The molecule has 36 heavy (non-hydrogen) atoms. The van der Waals surface area contributed by atoms with Crippen LogP contribution in [0.5, 0.6) is 17.2 Å². The zero-order chi connectivity index (χ0) is 25.5. The second kappa shape index (κ2) is 12.3. The summed E-state index contributed by atoms with van der Waals surface area (Å²) in [6, 6.07) is 7.68. The number of unbranched alkanes of at least 4 members (excludes halogenated alkanes) is 1. The van der Waals surface area contributed by atoms with Crippen molar-refractivity contribution < 1.29 is 19.0 Å². The van der Waals surface area contributed by atoms with Gasteiger partial charge in [-0.1, -0.05) is 26.2 Å². The molecule has 1 aromatic carbocycles. The maximum atomic E-state index is 13.1. The van der Waals surface area contributed by atoms with Crippen LogP contribution in [-0.2, 0) is 4.79 Å². The summed E-state index contributed by atoms with van der Waals surface area (Å²) in [5.74, 6) is 3.92. The Morgan fingerprint density at radius 3 is 2.11 bits per heavy atom. The molecule has 2 aromatic rings. The van der Waals surface area contributed by atoms with Crippen LogP contribution in [0.15, 0.2) is 24.3 Å². The average Bonchev–Trinajstić information content (AvgIpc) is 2.95. The van der Waals surface area contributed by atoms with Crippen molar-refractivity contribution in [2.45, 2.75) is 51.9 Å². The molecule has 1 saturated carbocycles. The summed E-state index contributed by atoms with van der Waals surface area (Å²) in [5.41, 5.74) is 1.56. The van der Waals surface area contributed by atoms with E-state index in [2.05, 4.69) is 26.9 Å². The molecule has 8 heteroatoms. The van der Waals surface area contributed by atoms with Crippen LogP contribution in [0.4, 0.5) is 5.82 Å². The number of ether oxygens (including phenoxy) is 3. The number of methoxy groups -OCH3 is 3. The van der Waals surface area contributed by atoms with Crippen LogP contribution < -0.4 is 19.1 Å². The van der Waals surface area contributed by atoms with Crippen LogP contribution in [0.25, 0.3) is 11.3 Å². The molecule has 0 spiro atoms. The first-order valence-electron chi connectivity index (χ1n) is 13.3. The van der Waals surface area contributed by atoms with Gasteiger partial charge < -0.3 is 24.0 Å². The van der Waals surface area contributed by atoms with Gasteiger partial charge in [0.05, 0.1) is 27.0 Å². The number of hydrogen-bond donors (Lipinski definition) is 0. The Balaban J connectivity index is 1.33. The van der Waals surface area contributed by atoms with E-state index in [0.717, 1.165) is 62.0 Å². The van der Waals surface area contributed by atoms with Gasteiger partial charge in [-0.05, 0) is 55.9 Å². The van der Waals surface area contributed by atoms with Crippen molar-refractivity contribution in [3.63, 3.8) is 0 Å². The van der Waals surface area contributed by atoms with E-state index in [1.54, 1.807) is 21.3 Å². The first-order chi connectivity index (χ1) is 17.6. The monoisotopic (exact) mass is 496 g/mol. The second-order valence-electron chi connectivity index (χ2n) is 9.86. The molecule has 1 saturated heterocycles. The summed E-state index contributed by atoms with van der Waals surface area (Å²) in [7, 11) is 4.78. The lowest BCUT2D eigenvalue weighted by Gasteiger charge is -2.38. The minimum Gasteiger partial charge on any atom is -0.493 e. The fourth-order valence-electron chi connectivity index (χ4n) is 5.48. The van der Waals surface area contributed by atoms with Gasteiger partial charge in [0.25, 0.3) is 0 Å². The number of benzene rings is 1. The molecule has 0 unspecified atom stereocenters. The molecular weight excluding hydrogens is 456 g/mol. The molecule has 4 rings (SSSR count). The third kappa shape index (κ3) is 5.85. The van der Waals surface area contributed by atoms with Crippen molar-refractivity contribution in [2.24, 2.45) is 11.8 Å². The van der Waals surface area contributed by atoms with Crippen LogP contribution in [0.3, 0.4) is 0 Å². The normalized spacial score (nSPS) is 20.2. The summed E-state index contributed by atoms with van der Waals surface area (Å²) in [5, 5.41) is 8.95. The number of carbonyl (C=O) groups excluding carboxylic acids is 1. The summed E-state index contributed by atoms with van der Waals surface area (Å²) in [6.45, 7) is 5.28. The summed E-state index contributed by atoms with van der Waals surface area (Å²) < 4.78 is 16.3. The third-order valence-electron chi connectivity index (χ3n) is 7.69. The molecule has 2 heterocycles. The predicted octanol–water partition coefficient (Wildman–Crippen LogP) is 4.81. The molecule has 2 fully saturated rings. The molecular formula is C28H40N4O4. The van der Waals surface area contributed by atoms with Gasteiger partial charge in [0.1, 0.15) is 0 Å². The van der Waals surface area contributed by atoms with Gasteiger partial charge in [-0.25, -0.2) is 0 Å². The van der Waals surface area contributed by atoms with Crippen LogP contribution in [0.1, 0.15) is 51.9 Å². The molecule has 8 nitrogen and oxygen atoms in total. The van der Waals surface area contributed by atoms with E-state index in [9.17, 15) is 4.79 Å². The quantitative estimate of drug-likeness (QED) is 0.493. The van der Waals surface area contributed by atoms with E-state index < -0.39 is 0 Å². The highest BCUT2D eigenvalue weighted by Crippen LogP contribution is 2.41. The zero-order valence-electron chi connectivity index (χ0n) is 22.2. The zero-order valence-corrected chi connectivity index (χ0v) is 22.2. The van der Waals surface area contributed by atoms with Crippen LogP contribution in [0.2, 0.25) is 0 Å². The Morgan fingerprint density at radius 1 is 0.917 bits per heavy atom. The smallest absolute Gasteiger partial charge is 0.225 e. The van der Waals surface area contributed by atoms with Crippen LogP contribution in [0, 0.1) is 11.8 Å². The molecule has 2 aliphatic rings. The number of piperazine rings is 1. The lowest BCUT2D eigenvalue weighted by molar-refractivity contribution is -0.137. The van der Waals surface area contributed by atoms with E-state index in [1.165, 1.54) is 32.1 Å². The van der Waals surface area contributed by atoms with E-state index in [1.807, 2.05) is 24.3 Å². The largest absolute Gasteiger partial charge is 0.493 e. The standard InChI is InChI=1S/C28H40N4O4/c1-5-6-7-20-8-10-21(11-9-20)28(33)32-16-14-31(15-17-32)26-13-12-23(29-30-26)22-18-24(34-2)27(36-4)25(19-22)35-3/h12-13,18-21H,5-11,14-17H2,1-4H3. The van der Waals surface area contributed by atoms with Crippen molar-refractivity contribution in [1.29, 1.82) is 0 Å². The first-order valence-corrected chi connectivity index (χ1v) is 13.3. The fourth-order valence-corrected chi connectivity index (χ4v) is 5.48. The SMILES string of the molecule is CCCCC1CCC(C(=O)N2CCN(c3ccc(-c4cc(OC)c(OC)c(OC)c4)nn3)CC2)CC1. The summed E-state index contributed by atoms with van der Waals surface area (Å²) in [6.07, 6.45) is 8.45. The topological polar surface area (TPSA) is 77.0 Å². The molecule has 0 bridgehead atoms. The molecule has 1 aliphatic heterocycles. The summed E-state index contributed by atoms with van der Waals surface area (Å²) >= 11 is 0. The predicted molar refractivity (Wildman–Crippen MR) is 141 cm³/mol. The Hall–Kier alpha value is -3.03. The molecule has 0 atom stereocenters. The molecule has 0 N–H and O–H groups in total. The molecule has 1 amide bonds. The number of rotatable bonds is 9.